The summed E-state index contributed by atoms with van der Waals surface area (Å²) < 4.78 is 0. The van der Waals surface area contributed by atoms with Gasteiger partial charge in [-0.1, -0.05) is 32.0 Å². The van der Waals surface area contributed by atoms with Crippen LogP contribution in [0.2, 0.25) is 0 Å². The zero-order valence-corrected chi connectivity index (χ0v) is 15.8. The van der Waals surface area contributed by atoms with Crippen molar-refractivity contribution in [2.45, 2.75) is 44.5 Å². The molecule has 24 heavy (non-hydrogen) atoms. The molecule has 0 spiro atoms. The topological polar surface area (TPSA) is 58.6 Å². The van der Waals surface area contributed by atoms with Crippen molar-refractivity contribution in [1.82, 2.24) is 15.0 Å². The fourth-order valence-electron chi connectivity index (χ4n) is 2.59. The Morgan fingerprint density at radius 1 is 1.33 bits per heavy atom. The van der Waals surface area contributed by atoms with Gasteiger partial charge >= 0.3 is 0 Å². The van der Waals surface area contributed by atoms with E-state index in [9.17, 15) is 4.79 Å². The summed E-state index contributed by atoms with van der Waals surface area (Å²) in [7, 11) is 0. The zero-order chi connectivity index (χ0) is 17.1. The molecule has 0 aliphatic rings. The van der Waals surface area contributed by atoms with Crippen LogP contribution in [0.4, 0.5) is 0 Å². The molecule has 3 aromatic rings. The van der Waals surface area contributed by atoms with E-state index in [0.29, 0.717) is 11.1 Å². The molecular formula is C18H21N3OS2. The van der Waals surface area contributed by atoms with Crippen LogP contribution in [0.15, 0.2) is 34.5 Å². The predicted molar refractivity (Wildman–Crippen MR) is 102 cm³/mol. The number of thiophene rings is 1. The van der Waals surface area contributed by atoms with E-state index in [1.165, 1.54) is 10.4 Å². The number of nitrogens with zero attached hydrogens (tertiary/aromatic N) is 2. The van der Waals surface area contributed by atoms with Gasteiger partial charge in [-0.15, -0.1) is 11.3 Å². The molecule has 0 aromatic carbocycles. The standard InChI is InChI=1S/C18H21N3OS2/c1-4-11(2)9-14-12(3)24-17-15(14)16(22)20-18(21-17)23-10-13-5-7-19-8-6-13/h5-8,11H,4,9-10H2,1-3H3,(H,20,21,22)/t11-/m0/s1. The predicted octanol–water partition coefficient (Wildman–Crippen LogP) is 4.57. The van der Waals surface area contributed by atoms with Gasteiger partial charge in [-0.25, -0.2) is 4.98 Å². The number of H-pyrrole nitrogens is 1. The molecular weight excluding hydrogens is 338 g/mol. The first-order valence-corrected chi connectivity index (χ1v) is 9.92. The molecule has 3 heterocycles. The molecule has 6 heteroatoms. The minimum Gasteiger partial charge on any atom is -0.301 e. The number of pyridine rings is 1. The number of thioether (sulfide) groups is 1. The van der Waals surface area contributed by atoms with E-state index in [2.05, 4.69) is 35.7 Å². The van der Waals surface area contributed by atoms with Gasteiger partial charge in [0.2, 0.25) is 0 Å². The van der Waals surface area contributed by atoms with Crippen LogP contribution in [0.1, 0.15) is 36.3 Å². The molecule has 0 saturated heterocycles. The molecule has 0 bridgehead atoms. The Bertz CT molecular complexity index is 886. The van der Waals surface area contributed by atoms with Gasteiger partial charge in [0.05, 0.1) is 5.39 Å². The quantitative estimate of drug-likeness (QED) is 0.517. The fourth-order valence-corrected chi connectivity index (χ4v) is 4.52. The fraction of sp³-hybridized carbons (Fsp3) is 0.389. The average molecular weight is 360 g/mol. The van der Waals surface area contributed by atoms with Crippen LogP contribution >= 0.6 is 23.1 Å². The van der Waals surface area contributed by atoms with Gasteiger partial charge < -0.3 is 4.98 Å². The van der Waals surface area contributed by atoms with Crippen LogP contribution in [0, 0.1) is 12.8 Å². The lowest BCUT2D eigenvalue weighted by atomic mass is 9.98. The number of aromatic nitrogens is 3. The highest BCUT2D eigenvalue weighted by Gasteiger charge is 2.16. The van der Waals surface area contributed by atoms with Gasteiger partial charge in [-0.3, -0.25) is 9.78 Å². The Morgan fingerprint density at radius 3 is 2.79 bits per heavy atom. The Kier molecular flexibility index (Phi) is 5.36. The van der Waals surface area contributed by atoms with Crippen LogP contribution in [-0.2, 0) is 12.2 Å². The van der Waals surface area contributed by atoms with Gasteiger partial charge in [0.15, 0.2) is 5.16 Å². The molecule has 1 atom stereocenters. The summed E-state index contributed by atoms with van der Waals surface area (Å²) in [6.45, 7) is 6.50. The zero-order valence-electron chi connectivity index (χ0n) is 14.1. The Labute approximate surface area is 149 Å². The molecule has 0 amide bonds. The summed E-state index contributed by atoms with van der Waals surface area (Å²) in [6.07, 6.45) is 5.61. The summed E-state index contributed by atoms with van der Waals surface area (Å²) in [6, 6.07) is 3.95. The minimum absolute atomic E-state index is 0.0140. The van der Waals surface area contributed by atoms with Gasteiger partial charge in [-0.2, -0.15) is 0 Å². The van der Waals surface area contributed by atoms with E-state index in [1.807, 2.05) is 12.1 Å². The van der Waals surface area contributed by atoms with Crippen molar-refractivity contribution < 1.29 is 0 Å². The first-order chi connectivity index (χ1) is 11.6. The Morgan fingerprint density at radius 2 is 2.08 bits per heavy atom. The summed E-state index contributed by atoms with van der Waals surface area (Å²) in [5.41, 5.74) is 2.32. The maximum absolute atomic E-state index is 12.6. The van der Waals surface area contributed by atoms with E-state index in [4.69, 9.17) is 0 Å². The van der Waals surface area contributed by atoms with E-state index in [0.717, 1.165) is 34.4 Å². The highest BCUT2D eigenvalue weighted by Crippen LogP contribution is 2.31. The van der Waals surface area contributed by atoms with Crippen molar-refractivity contribution in [3.63, 3.8) is 0 Å². The van der Waals surface area contributed by atoms with Crippen molar-refractivity contribution >= 4 is 33.3 Å². The van der Waals surface area contributed by atoms with Crippen LogP contribution in [-0.4, -0.2) is 15.0 Å². The monoisotopic (exact) mass is 359 g/mol. The average Bonchev–Trinajstić information content (AvgIpc) is 2.89. The Hall–Kier alpha value is -1.66. The largest absolute Gasteiger partial charge is 0.301 e. The van der Waals surface area contributed by atoms with Crippen molar-refractivity contribution in [3.8, 4) is 0 Å². The molecule has 0 fully saturated rings. The summed E-state index contributed by atoms with van der Waals surface area (Å²) in [5.74, 6) is 1.34. The third-order valence-corrected chi connectivity index (χ3v) is 6.20. The molecule has 0 unspecified atom stereocenters. The van der Waals surface area contributed by atoms with Crippen molar-refractivity contribution in [2.75, 3.05) is 0 Å². The molecule has 0 saturated carbocycles. The SMILES string of the molecule is CC[C@H](C)Cc1c(C)sc2nc(SCc3ccncc3)[nH]c(=O)c12. The smallest absolute Gasteiger partial charge is 0.260 e. The lowest BCUT2D eigenvalue weighted by molar-refractivity contribution is 0.561. The number of aryl methyl sites for hydroxylation is 1. The van der Waals surface area contributed by atoms with Gasteiger partial charge in [0.1, 0.15) is 4.83 Å². The third kappa shape index (κ3) is 3.70. The second kappa shape index (κ2) is 7.49. The summed E-state index contributed by atoms with van der Waals surface area (Å²) in [4.78, 5) is 26.3. The van der Waals surface area contributed by atoms with Crippen molar-refractivity contribution in [2.24, 2.45) is 5.92 Å². The lowest BCUT2D eigenvalue weighted by Gasteiger charge is -2.08. The van der Waals surface area contributed by atoms with Gasteiger partial charge in [0, 0.05) is 23.0 Å². The molecule has 0 radical (unpaired) electrons. The van der Waals surface area contributed by atoms with E-state index in [1.54, 1.807) is 35.5 Å². The first kappa shape index (κ1) is 17.2. The van der Waals surface area contributed by atoms with Crippen LogP contribution < -0.4 is 5.56 Å². The molecule has 0 aliphatic carbocycles. The van der Waals surface area contributed by atoms with Crippen LogP contribution in [0.25, 0.3) is 10.2 Å². The lowest BCUT2D eigenvalue weighted by Crippen LogP contribution is -2.11. The Balaban J connectivity index is 1.89. The highest BCUT2D eigenvalue weighted by atomic mass is 32.2. The first-order valence-electron chi connectivity index (χ1n) is 8.12. The molecule has 1 N–H and O–H groups in total. The molecule has 3 rings (SSSR count). The number of hydrogen-bond acceptors (Lipinski definition) is 5. The number of nitrogens with one attached hydrogen (secondary N) is 1. The minimum atomic E-state index is -0.0140. The van der Waals surface area contributed by atoms with Crippen LogP contribution in [0.5, 0.6) is 0 Å². The second-order valence-electron chi connectivity index (χ2n) is 6.05. The van der Waals surface area contributed by atoms with Crippen LogP contribution in [0.3, 0.4) is 0 Å². The maximum atomic E-state index is 12.6. The maximum Gasteiger partial charge on any atom is 0.260 e. The third-order valence-electron chi connectivity index (χ3n) is 4.22. The van der Waals surface area contributed by atoms with Crippen molar-refractivity contribution in [3.05, 3.63) is 50.9 Å². The molecule has 126 valence electrons. The second-order valence-corrected chi connectivity index (χ2v) is 8.22. The van der Waals surface area contributed by atoms with Gasteiger partial charge in [0.25, 0.3) is 5.56 Å². The number of fused-ring (bicyclic) bond motifs is 1. The number of aromatic amines is 1. The molecule has 0 aliphatic heterocycles. The number of rotatable bonds is 6. The summed E-state index contributed by atoms with van der Waals surface area (Å²) >= 11 is 3.18. The van der Waals surface area contributed by atoms with E-state index < -0.39 is 0 Å². The molecule has 4 nitrogen and oxygen atoms in total. The highest BCUT2D eigenvalue weighted by molar-refractivity contribution is 7.98. The van der Waals surface area contributed by atoms with Crippen molar-refractivity contribution in [1.29, 1.82) is 0 Å². The normalized spacial score (nSPS) is 12.6. The number of hydrogen-bond donors (Lipinski definition) is 1. The molecule has 3 aromatic heterocycles. The summed E-state index contributed by atoms with van der Waals surface area (Å²) in [5, 5.41) is 1.46. The van der Waals surface area contributed by atoms with Gasteiger partial charge in [-0.05, 0) is 42.5 Å². The van der Waals surface area contributed by atoms with E-state index in [-0.39, 0.29) is 5.56 Å². The van der Waals surface area contributed by atoms with E-state index >= 15 is 0 Å².